The molecule has 0 heterocycles. The first kappa shape index (κ1) is 25.3. The number of hydrogen-bond donors (Lipinski definition) is 1. The van der Waals surface area contributed by atoms with Crippen molar-refractivity contribution in [1.82, 2.24) is 0 Å². The van der Waals surface area contributed by atoms with Gasteiger partial charge in [-0.25, -0.2) is 0 Å². The number of fused-ring (bicyclic) bond motifs is 1. The molecule has 6 rings (SSSR count). The van der Waals surface area contributed by atoms with Gasteiger partial charge < -0.3 is 5.11 Å². The van der Waals surface area contributed by atoms with E-state index in [-0.39, 0.29) is 39.2 Å². The molecule has 1 spiro atoms. The maximum Gasteiger partial charge on any atom is 0.309 e. The SMILES string of the molecule is CC(C)C1=CC23CCC4C(C)(C(=O)O)CCCC4(C)C2CC1C1(Cl)C(Cl)=C(Cl)C(Cl)(Cl)C31Cl. The highest BCUT2D eigenvalue weighted by molar-refractivity contribution is 6.65. The van der Waals surface area contributed by atoms with Crippen LogP contribution < -0.4 is 0 Å². The van der Waals surface area contributed by atoms with Gasteiger partial charge in [-0.1, -0.05) is 85.2 Å². The van der Waals surface area contributed by atoms with Gasteiger partial charge in [0.25, 0.3) is 0 Å². The van der Waals surface area contributed by atoms with E-state index in [0.717, 1.165) is 19.3 Å². The van der Waals surface area contributed by atoms with Crippen LogP contribution in [0.15, 0.2) is 21.7 Å². The lowest BCUT2D eigenvalue weighted by Crippen LogP contribution is -2.76. The summed E-state index contributed by atoms with van der Waals surface area (Å²) in [7, 11) is 0. The van der Waals surface area contributed by atoms with Crippen LogP contribution in [0.25, 0.3) is 0 Å². The fraction of sp³-hybridized carbons (Fsp3) is 0.800. The van der Waals surface area contributed by atoms with E-state index >= 15 is 0 Å². The smallest absolute Gasteiger partial charge is 0.309 e. The Morgan fingerprint density at radius 2 is 1.67 bits per heavy atom. The number of hydrogen-bond acceptors (Lipinski definition) is 1. The zero-order valence-electron chi connectivity index (χ0n) is 19.3. The van der Waals surface area contributed by atoms with Gasteiger partial charge in [0, 0.05) is 11.3 Å². The molecule has 0 amide bonds. The predicted molar refractivity (Wildman–Crippen MR) is 138 cm³/mol. The fourth-order valence-corrected chi connectivity index (χ4v) is 12.2. The second-order valence-corrected chi connectivity index (χ2v) is 15.2. The Morgan fingerprint density at radius 3 is 2.24 bits per heavy atom. The Kier molecular flexibility index (Phi) is 5.50. The zero-order chi connectivity index (χ0) is 24.6. The van der Waals surface area contributed by atoms with Gasteiger partial charge in [0.05, 0.1) is 15.5 Å². The van der Waals surface area contributed by atoms with Crippen LogP contribution in [0, 0.1) is 39.9 Å². The normalized spacial score (nSPS) is 52.3. The molecule has 1 N–H and O–H groups in total. The van der Waals surface area contributed by atoms with Crippen LogP contribution in [-0.2, 0) is 4.79 Å². The second-order valence-electron chi connectivity index (χ2n) is 11.9. The Hall–Kier alpha value is 0.690. The van der Waals surface area contributed by atoms with Gasteiger partial charge in [-0.3, -0.25) is 4.79 Å². The summed E-state index contributed by atoms with van der Waals surface area (Å²) in [6.45, 7) is 8.50. The number of rotatable bonds is 2. The lowest BCUT2D eigenvalue weighted by Gasteiger charge is -2.74. The molecule has 0 aromatic heterocycles. The summed E-state index contributed by atoms with van der Waals surface area (Å²) in [5.74, 6) is -0.540. The molecule has 0 aliphatic heterocycles. The Morgan fingerprint density at radius 1 is 1.03 bits per heavy atom. The van der Waals surface area contributed by atoms with Crippen molar-refractivity contribution in [1.29, 1.82) is 0 Å². The molecular formula is C25H30Cl6O2. The molecule has 6 aliphatic rings. The maximum absolute atomic E-state index is 12.5. The molecule has 2 nitrogen and oxygen atoms in total. The van der Waals surface area contributed by atoms with Gasteiger partial charge in [-0.05, 0) is 62.2 Å². The van der Waals surface area contributed by atoms with Gasteiger partial charge >= 0.3 is 5.97 Å². The predicted octanol–water partition coefficient (Wildman–Crippen LogP) is 8.73. The molecule has 2 bridgehead atoms. The number of aliphatic carboxylic acids is 1. The molecule has 0 aromatic carbocycles. The third-order valence-corrected chi connectivity index (χ3v) is 14.8. The van der Waals surface area contributed by atoms with E-state index in [1.165, 1.54) is 5.57 Å². The third-order valence-electron chi connectivity index (χ3n) is 10.5. The number of carboxylic acid groups (broad SMARTS) is 1. The number of carboxylic acids is 1. The van der Waals surface area contributed by atoms with Crippen molar-refractivity contribution in [2.24, 2.45) is 39.9 Å². The third kappa shape index (κ3) is 2.51. The Balaban J connectivity index is 1.78. The van der Waals surface area contributed by atoms with Crippen LogP contribution in [0.2, 0.25) is 0 Å². The lowest BCUT2D eigenvalue weighted by atomic mass is 9.34. The Labute approximate surface area is 226 Å². The first-order valence-corrected chi connectivity index (χ1v) is 14.1. The summed E-state index contributed by atoms with van der Waals surface area (Å²) in [5, 5.41) is 10.6. The highest BCUT2D eigenvalue weighted by atomic mass is 35.5. The van der Waals surface area contributed by atoms with E-state index in [9.17, 15) is 9.90 Å². The summed E-state index contributed by atoms with van der Waals surface area (Å²) in [6, 6.07) is 0. The van der Waals surface area contributed by atoms with E-state index in [1.54, 1.807) is 0 Å². The van der Waals surface area contributed by atoms with Crippen molar-refractivity contribution in [2.75, 3.05) is 0 Å². The molecule has 0 aromatic rings. The maximum atomic E-state index is 12.5. The van der Waals surface area contributed by atoms with E-state index in [2.05, 4.69) is 26.8 Å². The minimum absolute atomic E-state index is 0.0347. The van der Waals surface area contributed by atoms with Crippen molar-refractivity contribution in [2.45, 2.75) is 80.3 Å². The van der Waals surface area contributed by atoms with Crippen molar-refractivity contribution in [3.05, 3.63) is 21.7 Å². The molecular weight excluding hydrogens is 545 g/mol. The summed E-state index contributed by atoms with van der Waals surface area (Å²) in [4.78, 5) is 9.92. The Bertz CT molecular complexity index is 1000. The average Bonchev–Trinajstić information content (AvgIpc) is 2.85. The van der Waals surface area contributed by atoms with Crippen molar-refractivity contribution < 1.29 is 9.90 Å². The standard InChI is InChI=1S/C25H30Cl6O2/c1-12(2)13-11-22-9-6-15-20(3,7-5-8-21(15,4)19(32)33)16(22)10-14(13)23(28)17(26)18(27)24(29,30)25(22,23)31/h11-12,14-16H,5-10H2,1-4H3,(H,32,33). The van der Waals surface area contributed by atoms with Gasteiger partial charge in [0.15, 0.2) is 4.33 Å². The quantitative estimate of drug-likeness (QED) is 0.264. The molecule has 0 radical (unpaired) electrons. The average molecular weight is 575 g/mol. The summed E-state index contributed by atoms with van der Waals surface area (Å²) in [6.07, 6.45) is 6.95. The highest BCUT2D eigenvalue weighted by Gasteiger charge is 2.86. The summed E-state index contributed by atoms with van der Waals surface area (Å²) < 4.78 is -1.65. The van der Waals surface area contributed by atoms with E-state index in [1.807, 2.05) is 6.92 Å². The molecule has 8 heteroatoms. The van der Waals surface area contributed by atoms with Crippen LogP contribution >= 0.6 is 69.6 Å². The molecule has 0 saturated heterocycles. The van der Waals surface area contributed by atoms with Crippen LogP contribution in [0.5, 0.6) is 0 Å². The van der Waals surface area contributed by atoms with Crippen molar-refractivity contribution in [3.63, 3.8) is 0 Å². The van der Waals surface area contributed by atoms with Gasteiger partial charge in [0.2, 0.25) is 0 Å². The van der Waals surface area contributed by atoms with Gasteiger partial charge in [0.1, 0.15) is 9.75 Å². The monoisotopic (exact) mass is 572 g/mol. The van der Waals surface area contributed by atoms with E-state index < -0.39 is 30.9 Å². The molecule has 8 atom stereocenters. The summed E-state index contributed by atoms with van der Waals surface area (Å²) >= 11 is 42.8. The highest BCUT2D eigenvalue weighted by Crippen LogP contribution is 2.84. The van der Waals surface area contributed by atoms with Crippen LogP contribution in [-0.4, -0.2) is 25.2 Å². The first-order chi connectivity index (χ1) is 15.1. The van der Waals surface area contributed by atoms with Crippen LogP contribution in [0.3, 0.4) is 0 Å². The lowest BCUT2D eigenvalue weighted by molar-refractivity contribution is -0.187. The number of alkyl halides is 4. The fourth-order valence-electron chi connectivity index (χ4n) is 9.13. The van der Waals surface area contributed by atoms with Gasteiger partial charge in [-0.2, -0.15) is 0 Å². The first-order valence-electron chi connectivity index (χ1n) is 11.8. The molecule has 33 heavy (non-hydrogen) atoms. The number of halogens is 6. The molecule has 3 saturated carbocycles. The second kappa shape index (κ2) is 7.16. The van der Waals surface area contributed by atoms with Crippen molar-refractivity contribution >= 4 is 75.6 Å². The topological polar surface area (TPSA) is 37.3 Å². The molecule has 184 valence electrons. The van der Waals surface area contributed by atoms with Crippen molar-refractivity contribution in [3.8, 4) is 0 Å². The van der Waals surface area contributed by atoms with Gasteiger partial charge in [-0.15, -0.1) is 23.2 Å². The largest absolute Gasteiger partial charge is 0.481 e. The minimum atomic E-state index is -1.65. The van der Waals surface area contributed by atoms with Crippen LogP contribution in [0.1, 0.15) is 66.2 Å². The summed E-state index contributed by atoms with van der Waals surface area (Å²) in [5.41, 5.74) is -0.445. The van der Waals surface area contributed by atoms with Crippen LogP contribution in [0.4, 0.5) is 0 Å². The number of allylic oxidation sites excluding steroid dienone is 4. The number of carbonyl (C=O) groups is 1. The molecule has 6 aliphatic carbocycles. The molecule has 3 fully saturated rings. The van der Waals surface area contributed by atoms with E-state index in [4.69, 9.17) is 69.6 Å². The minimum Gasteiger partial charge on any atom is -0.481 e. The molecule has 8 unspecified atom stereocenters. The zero-order valence-corrected chi connectivity index (χ0v) is 23.8. The van der Waals surface area contributed by atoms with E-state index in [0.29, 0.717) is 19.3 Å².